The monoisotopic (exact) mass is 324 g/mol. The molecule has 0 spiro atoms. The number of nitrogens with one attached hydrogen (secondary N) is 1. The van der Waals surface area contributed by atoms with E-state index in [9.17, 15) is 8.42 Å². The van der Waals surface area contributed by atoms with Gasteiger partial charge in [-0.15, -0.1) is 12.4 Å². The molecule has 1 aliphatic heterocycles. The summed E-state index contributed by atoms with van der Waals surface area (Å²) >= 11 is 5.67. The highest BCUT2D eigenvalue weighted by molar-refractivity contribution is 7.90. The van der Waals surface area contributed by atoms with Crippen LogP contribution in [0.3, 0.4) is 0 Å². The van der Waals surface area contributed by atoms with Gasteiger partial charge in [0.15, 0.2) is 9.84 Å². The van der Waals surface area contributed by atoms with Crippen LogP contribution in [0.25, 0.3) is 0 Å². The van der Waals surface area contributed by atoms with Crippen LogP contribution in [0.15, 0.2) is 18.3 Å². The molecular weight excluding hydrogens is 307 g/mol. The zero-order chi connectivity index (χ0) is 13.0. The fourth-order valence-electron chi connectivity index (χ4n) is 2.18. The van der Waals surface area contributed by atoms with Crippen molar-refractivity contribution in [2.45, 2.75) is 31.1 Å². The Labute approximate surface area is 125 Å². The van der Waals surface area contributed by atoms with Crippen LogP contribution in [0.2, 0.25) is 5.15 Å². The van der Waals surface area contributed by atoms with Gasteiger partial charge in [-0.1, -0.05) is 24.1 Å². The van der Waals surface area contributed by atoms with E-state index in [1.54, 1.807) is 12.1 Å². The summed E-state index contributed by atoms with van der Waals surface area (Å²) in [6.07, 6.45) is 4.71. The summed E-state index contributed by atoms with van der Waals surface area (Å²) in [7, 11) is -3.09. The summed E-state index contributed by atoms with van der Waals surface area (Å²) in [6, 6.07) is 3.43. The Hall–Kier alpha value is -0.360. The normalized spacial score (nSPS) is 19.7. The largest absolute Gasteiger partial charge is 0.313 e. The molecule has 1 atom stereocenters. The van der Waals surface area contributed by atoms with Crippen molar-refractivity contribution in [3.05, 3.63) is 29.0 Å². The first-order valence-corrected chi connectivity index (χ1v) is 8.29. The molecule has 0 aliphatic carbocycles. The highest BCUT2D eigenvalue weighted by Gasteiger charge is 2.21. The number of hydrogen-bond donors (Lipinski definition) is 1. The van der Waals surface area contributed by atoms with E-state index in [4.69, 9.17) is 11.6 Å². The molecule has 1 unspecified atom stereocenters. The molecule has 1 aromatic rings. The molecule has 0 bridgehead atoms. The van der Waals surface area contributed by atoms with Gasteiger partial charge in [-0.05, 0) is 31.0 Å². The highest BCUT2D eigenvalue weighted by Crippen LogP contribution is 2.13. The molecule has 108 valence electrons. The summed E-state index contributed by atoms with van der Waals surface area (Å²) in [4.78, 5) is 3.90. The summed E-state index contributed by atoms with van der Waals surface area (Å²) in [5.74, 6) is 0.241. The Kier molecular flexibility index (Phi) is 6.53. The molecule has 0 amide bonds. The molecule has 1 aromatic heterocycles. The summed E-state index contributed by atoms with van der Waals surface area (Å²) in [5.41, 5.74) is 0.690. The van der Waals surface area contributed by atoms with Crippen LogP contribution in [0.5, 0.6) is 0 Å². The van der Waals surface area contributed by atoms with E-state index in [2.05, 4.69) is 10.3 Å². The van der Waals surface area contributed by atoms with Crippen LogP contribution in [-0.2, 0) is 15.6 Å². The van der Waals surface area contributed by atoms with Gasteiger partial charge in [0.25, 0.3) is 0 Å². The number of hydrogen-bond acceptors (Lipinski definition) is 4. The molecule has 1 saturated heterocycles. The zero-order valence-electron chi connectivity index (χ0n) is 10.5. The van der Waals surface area contributed by atoms with Crippen LogP contribution in [-0.4, -0.2) is 31.7 Å². The van der Waals surface area contributed by atoms with E-state index >= 15 is 0 Å². The first kappa shape index (κ1) is 16.7. The second kappa shape index (κ2) is 7.43. The number of rotatable bonds is 4. The fourth-order valence-corrected chi connectivity index (χ4v) is 3.98. The van der Waals surface area contributed by atoms with Gasteiger partial charge in [-0.25, -0.2) is 13.4 Å². The van der Waals surface area contributed by atoms with Crippen molar-refractivity contribution in [3.63, 3.8) is 0 Å². The number of pyridine rings is 1. The molecule has 1 fully saturated rings. The Morgan fingerprint density at radius 1 is 1.37 bits per heavy atom. The second-order valence-electron chi connectivity index (χ2n) is 4.69. The molecule has 0 aromatic carbocycles. The van der Waals surface area contributed by atoms with Crippen molar-refractivity contribution >= 4 is 33.8 Å². The predicted molar refractivity (Wildman–Crippen MR) is 79.6 cm³/mol. The third kappa shape index (κ3) is 5.65. The third-order valence-corrected chi connectivity index (χ3v) is 4.95. The minimum atomic E-state index is -3.09. The van der Waals surface area contributed by atoms with E-state index in [1.165, 1.54) is 6.20 Å². The van der Waals surface area contributed by atoms with Crippen LogP contribution in [0, 0.1) is 0 Å². The first-order chi connectivity index (χ1) is 8.55. The van der Waals surface area contributed by atoms with E-state index in [0.29, 0.717) is 10.7 Å². The minimum Gasteiger partial charge on any atom is -0.313 e. The van der Waals surface area contributed by atoms with Crippen molar-refractivity contribution < 1.29 is 8.42 Å². The summed E-state index contributed by atoms with van der Waals surface area (Å²) < 4.78 is 24.1. The van der Waals surface area contributed by atoms with Gasteiger partial charge in [-0.3, -0.25) is 0 Å². The molecule has 1 aliphatic rings. The van der Waals surface area contributed by atoms with Crippen molar-refractivity contribution in [2.75, 3.05) is 12.3 Å². The standard InChI is InChI=1S/C12H17ClN2O2S.ClH/c13-12-5-4-10(7-15-12)8-18(16,17)9-11-3-1-2-6-14-11;/h4-5,7,11,14H,1-3,6,8-9H2;1H. The number of piperidine rings is 1. The molecule has 19 heavy (non-hydrogen) atoms. The number of halogens is 2. The molecule has 0 radical (unpaired) electrons. The van der Waals surface area contributed by atoms with Gasteiger partial charge in [0.2, 0.25) is 0 Å². The first-order valence-electron chi connectivity index (χ1n) is 6.09. The number of aromatic nitrogens is 1. The summed E-state index contributed by atoms with van der Waals surface area (Å²) in [6.45, 7) is 0.919. The van der Waals surface area contributed by atoms with Gasteiger partial charge in [0, 0.05) is 12.2 Å². The smallest absolute Gasteiger partial charge is 0.156 e. The Balaban J connectivity index is 0.00000180. The topological polar surface area (TPSA) is 59.1 Å². The fraction of sp³-hybridized carbons (Fsp3) is 0.583. The lowest BCUT2D eigenvalue weighted by Crippen LogP contribution is -2.39. The van der Waals surface area contributed by atoms with Crippen LogP contribution < -0.4 is 5.32 Å². The maximum Gasteiger partial charge on any atom is 0.156 e. The minimum absolute atomic E-state index is 0. The van der Waals surface area contributed by atoms with Crippen molar-refractivity contribution in [2.24, 2.45) is 0 Å². The molecular formula is C12H18Cl2N2O2S. The highest BCUT2D eigenvalue weighted by atomic mass is 35.5. The Bertz CT molecular complexity index is 485. The maximum absolute atomic E-state index is 12.1. The van der Waals surface area contributed by atoms with E-state index in [0.717, 1.165) is 25.8 Å². The zero-order valence-corrected chi connectivity index (χ0v) is 12.9. The van der Waals surface area contributed by atoms with Gasteiger partial charge in [0.05, 0.1) is 11.5 Å². The summed E-state index contributed by atoms with van der Waals surface area (Å²) in [5, 5.41) is 3.63. The third-order valence-electron chi connectivity index (χ3n) is 3.04. The van der Waals surface area contributed by atoms with Crippen molar-refractivity contribution in [1.82, 2.24) is 10.3 Å². The van der Waals surface area contributed by atoms with Gasteiger partial charge in [0.1, 0.15) is 5.15 Å². The van der Waals surface area contributed by atoms with Gasteiger partial charge < -0.3 is 5.32 Å². The molecule has 2 heterocycles. The average Bonchev–Trinajstić information content (AvgIpc) is 2.32. The number of sulfone groups is 1. The van der Waals surface area contributed by atoms with Gasteiger partial charge >= 0.3 is 0 Å². The van der Waals surface area contributed by atoms with Crippen LogP contribution >= 0.6 is 24.0 Å². The molecule has 7 heteroatoms. The van der Waals surface area contributed by atoms with Crippen molar-refractivity contribution in [3.8, 4) is 0 Å². The quantitative estimate of drug-likeness (QED) is 0.863. The lowest BCUT2D eigenvalue weighted by Gasteiger charge is -2.23. The maximum atomic E-state index is 12.1. The second-order valence-corrected chi connectivity index (χ2v) is 7.19. The van der Waals surface area contributed by atoms with Crippen LogP contribution in [0.1, 0.15) is 24.8 Å². The van der Waals surface area contributed by atoms with Crippen LogP contribution in [0.4, 0.5) is 0 Å². The lowest BCUT2D eigenvalue weighted by molar-refractivity contribution is 0.423. The van der Waals surface area contributed by atoms with E-state index in [1.807, 2.05) is 0 Å². The van der Waals surface area contributed by atoms with Gasteiger partial charge in [-0.2, -0.15) is 0 Å². The van der Waals surface area contributed by atoms with Crippen molar-refractivity contribution in [1.29, 1.82) is 0 Å². The molecule has 1 N–H and O–H groups in total. The SMILES string of the molecule is Cl.O=S(=O)(Cc1ccc(Cl)nc1)CC1CCCCN1. The Morgan fingerprint density at radius 3 is 2.74 bits per heavy atom. The molecule has 0 saturated carbocycles. The lowest BCUT2D eigenvalue weighted by atomic mass is 10.1. The Morgan fingerprint density at radius 2 is 2.16 bits per heavy atom. The average molecular weight is 325 g/mol. The molecule has 4 nitrogen and oxygen atoms in total. The predicted octanol–water partition coefficient (Wildman–Crippen LogP) is 2.21. The molecule has 2 rings (SSSR count). The van der Waals surface area contributed by atoms with E-state index < -0.39 is 9.84 Å². The number of nitrogens with zero attached hydrogens (tertiary/aromatic N) is 1. The van der Waals surface area contributed by atoms with E-state index in [-0.39, 0.29) is 30.0 Å².